The maximum Gasteiger partial charge on any atom is 0.433 e. The number of aliphatic hydroxyl groups excluding tert-OH is 1. The normalized spacial score (nSPS) is 17.7. The van der Waals surface area contributed by atoms with E-state index < -0.39 is 4.92 Å². The van der Waals surface area contributed by atoms with Gasteiger partial charge in [0.25, 0.3) is 0 Å². The Bertz CT molecular complexity index is 357. The number of aliphatic hydroxyl groups is 1. The van der Waals surface area contributed by atoms with Crippen LogP contribution in [-0.2, 0) is 6.54 Å². The van der Waals surface area contributed by atoms with Crippen LogP contribution >= 0.6 is 0 Å². The highest BCUT2D eigenvalue weighted by Gasteiger charge is 2.26. The second kappa shape index (κ2) is 4.00. The van der Waals surface area contributed by atoms with Gasteiger partial charge >= 0.3 is 5.88 Å². The molecule has 0 bridgehead atoms. The molecule has 0 saturated carbocycles. The molecule has 6 heteroatoms. The summed E-state index contributed by atoms with van der Waals surface area (Å²) in [5, 5.41) is 19.2. The molecule has 82 valence electrons. The standard InChI is InChI=1S/C9H12N2O4/c12-6-7-3-10(4-7)5-8-1-2-9(15-8)11(13)14/h1-2,7,12H,3-6H2. The molecular formula is C9H12N2O4. The zero-order valence-electron chi connectivity index (χ0n) is 8.13. The van der Waals surface area contributed by atoms with E-state index in [1.165, 1.54) is 6.07 Å². The molecule has 0 radical (unpaired) electrons. The van der Waals surface area contributed by atoms with Gasteiger partial charge < -0.3 is 9.52 Å². The molecule has 0 amide bonds. The molecular weight excluding hydrogens is 200 g/mol. The van der Waals surface area contributed by atoms with E-state index in [9.17, 15) is 10.1 Å². The second-order valence-electron chi connectivity index (χ2n) is 3.74. The summed E-state index contributed by atoms with van der Waals surface area (Å²) in [4.78, 5) is 11.9. The Morgan fingerprint density at radius 2 is 2.33 bits per heavy atom. The van der Waals surface area contributed by atoms with Crippen molar-refractivity contribution in [2.45, 2.75) is 6.54 Å². The Kier molecular flexibility index (Phi) is 2.70. The number of furan rings is 1. The highest BCUT2D eigenvalue weighted by Crippen LogP contribution is 2.21. The Morgan fingerprint density at radius 1 is 1.60 bits per heavy atom. The Morgan fingerprint density at radius 3 is 2.87 bits per heavy atom. The fraction of sp³-hybridized carbons (Fsp3) is 0.556. The number of hydrogen-bond acceptors (Lipinski definition) is 5. The lowest BCUT2D eigenvalue weighted by Gasteiger charge is -2.37. The van der Waals surface area contributed by atoms with Gasteiger partial charge in [-0.2, -0.15) is 0 Å². The molecule has 0 aliphatic carbocycles. The third kappa shape index (κ3) is 2.16. The van der Waals surface area contributed by atoms with Gasteiger partial charge in [-0.05, 0) is 6.07 Å². The van der Waals surface area contributed by atoms with Gasteiger partial charge in [-0.15, -0.1) is 0 Å². The lowest BCUT2D eigenvalue weighted by molar-refractivity contribution is -0.402. The highest BCUT2D eigenvalue weighted by atomic mass is 16.6. The molecule has 1 saturated heterocycles. The number of nitro groups is 1. The van der Waals surface area contributed by atoms with Crippen LogP contribution in [0.2, 0.25) is 0 Å². The van der Waals surface area contributed by atoms with Gasteiger partial charge in [0.15, 0.2) is 0 Å². The van der Waals surface area contributed by atoms with Gasteiger partial charge in [-0.1, -0.05) is 0 Å². The summed E-state index contributed by atoms with van der Waals surface area (Å²) in [6.07, 6.45) is 0. The number of rotatable bonds is 4. The van der Waals surface area contributed by atoms with Crippen LogP contribution in [0.15, 0.2) is 16.5 Å². The first-order valence-corrected chi connectivity index (χ1v) is 4.75. The maximum atomic E-state index is 10.3. The van der Waals surface area contributed by atoms with E-state index in [2.05, 4.69) is 4.90 Å². The van der Waals surface area contributed by atoms with Gasteiger partial charge in [-0.25, -0.2) is 0 Å². The second-order valence-corrected chi connectivity index (χ2v) is 3.74. The smallest absolute Gasteiger partial charge is 0.404 e. The molecule has 1 aromatic rings. The predicted octanol–water partition coefficient (Wildman–Crippen LogP) is 0.612. The van der Waals surface area contributed by atoms with Gasteiger partial charge in [-0.3, -0.25) is 15.0 Å². The average molecular weight is 212 g/mol. The van der Waals surface area contributed by atoms with Crippen molar-refractivity contribution in [3.63, 3.8) is 0 Å². The molecule has 2 rings (SSSR count). The minimum Gasteiger partial charge on any atom is -0.404 e. The molecule has 1 aliphatic rings. The van der Waals surface area contributed by atoms with Crippen molar-refractivity contribution >= 4 is 5.88 Å². The van der Waals surface area contributed by atoms with Crippen molar-refractivity contribution in [1.82, 2.24) is 4.90 Å². The van der Waals surface area contributed by atoms with E-state index >= 15 is 0 Å². The number of hydrogen-bond donors (Lipinski definition) is 1. The van der Waals surface area contributed by atoms with Gasteiger partial charge in [0, 0.05) is 25.6 Å². The van der Waals surface area contributed by atoms with E-state index in [1.807, 2.05) is 0 Å². The van der Waals surface area contributed by atoms with E-state index in [-0.39, 0.29) is 12.5 Å². The molecule has 0 atom stereocenters. The molecule has 15 heavy (non-hydrogen) atoms. The van der Waals surface area contributed by atoms with Crippen molar-refractivity contribution < 1.29 is 14.4 Å². The predicted molar refractivity (Wildman–Crippen MR) is 51.2 cm³/mol. The minimum absolute atomic E-state index is 0.203. The van der Waals surface area contributed by atoms with Crippen LogP contribution in [-0.4, -0.2) is 34.6 Å². The molecule has 0 spiro atoms. The van der Waals surface area contributed by atoms with Crippen molar-refractivity contribution in [2.75, 3.05) is 19.7 Å². The van der Waals surface area contributed by atoms with Crippen molar-refractivity contribution in [2.24, 2.45) is 5.92 Å². The van der Waals surface area contributed by atoms with E-state index in [1.54, 1.807) is 6.07 Å². The average Bonchev–Trinajstić information content (AvgIpc) is 2.58. The van der Waals surface area contributed by atoms with Gasteiger partial charge in [0.05, 0.1) is 12.6 Å². The quantitative estimate of drug-likeness (QED) is 0.584. The topological polar surface area (TPSA) is 79.8 Å². The third-order valence-electron chi connectivity index (χ3n) is 2.50. The molecule has 1 N–H and O–H groups in total. The summed E-state index contributed by atoms with van der Waals surface area (Å²) in [5.41, 5.74) is 0. The third-order valence-corrected chi connectivity index (χ3v) is 2.50. The first kappa shape index (κ1) is 10.1. The maximum absolute atomic E-state index is 10.3. The fourth-order valence-corrected chi connectivity index (χ4v) is 1.69. The van der Waals surface area contributed by atoms with Crippen molar-refractivity contribution in [3.05, 3.63) is 28.0 Å². The summed E-state index contributed by atoms with van der Waals surface area (Å²) in [6, 6.07) is 2.98. The summed E-state index contributed by atoms with van der Waals surface area (Å²) < 4.78 is 5.02. The molecule has 1 aromatic heterocycles. The molecule has 6 nitrogen and oxygen atoms in total. The molecule has 1 fully saturated rings. The van der Waals surface area contributed by atoms with Crippen molar-refractivity contribution in [3.8, 4) is 0 Å². The number of nitrogens with zero attached hydrogens (tertiary/aromatic N) is 2. The summed E-state index contributed by atoms with van der Waals surface area (Å²) in [5.74, 6) is 0.720. The Hall–Kier alpha value is -1.40. The molecule has 0 aromatic carbocycles. The Labute approximate surface area is 86.3 Å². The zero-order chi connectivity index (χ0) is 10.8. The lowest BCUT2D eigenvalue weighted by atomic mass is 10.0. The van der Waals surface area contributed by atoms with Crippen molar-refractivity contribution in [1.29, 1.82) is 0 Å². The van der Waals surface area contributed by atoms with E-state index in [0.717, 1.165) is 13.1 Å². The van der Waals surface area contributed by atoms with Crippen LogP contribution in [0.3, 0.4) is 0 Å². The van der Waals surface area contributed by atoms with E-state index in [4.69, 9.17) is 9.52 Å². The van der Waals surface area contributed by atoms with Crippen LogP contribution in [0.5, 0.6) is 0 Å². The first-order chi connectivity index (χ1) is 7.19. The van der Waals surface area contributed by atoms with E-state index in [0.29, 0.717) is 18.2 Å². The van der Waals surface area contributed by atoms with Crippen LogP contribution in [0.25, 0.3) is 0 Å². The lowest BCUT2D eigenvalue weighted by Crippen LogP contribution is -2.47. The SMILES string of the molecule is O=[N+]([O-])c1ccc(CN2CC(CO)C2)o1. The monoisotopic (exact) mass is 212 g/mol. The van der Waals surface area contributed by atoms with Crippen LogP contribution < -0.4 is 0 Å². The van der Waals surface area contributed by atoms with Gasteiger partial charge in [0.2, 0.25) is 0 Å². The first-order valence-electron chi connectivity index (χ1n) is 4.75. The van der Waals surface area contributed by atoms with Crippen LogP contribution in [0.4, 0.5) is 5.88 Å². The summed E-state index contributed by atoms with van der Waals surface area (Å²) >= 11 is 0. The van der Waals surface area contributed by atoms with Gasteiger partial charge in [0.1, 0.15) is 10.7 Å². The zero-order valence-corrected chi connectivity index (χ0v) is 8.13. The largest absolute Gasteiger partial charge is 0.433 e. The molecule has 2 heterocycles. The number of likely N-dealkylation sites (tertiary alicyclic amines) is 1. The van der Waals surface area contributed by atoms with Crippen LogP contribution in [0.1, 0.15) is 5.76 Å². The Balaban J connectivity index is 1.87. The minimum atomic E-state index is -0.546. The fourth-order valence-electron chi connectivity index (χ4n) is 1.69. The summed E-state index contributed by atoms with van der Waals surface area (Å²) in [7, 11) is 0. The molecule has 0 unspecified atom stereocenters. The highest BCUT2D eigenvalue weighted by molar-refractivity contribution is 5.17. The molecule has 1 aliphatic heterocycles. The summed E-state index contributed by atoms with van der Waals surface area (Å²) in [6.45, 7) is 2.43. The van der Waals surface area contributed by atoms with Crippen LogP contribution in [0, 0.1) is 16.0 Å².